The van der Waals surface area contributed by atoms with E-state index in [4.69, 9.17) is 5.11 Å². The van der Waals surface area contributed by atoms with E-state index in [-0.39, 0.29) is 6.54 Å². The van der Waals surface area contributed by atoms with Crippen molar-refractivity contribution < 1.29 is 23.1 Å². The zero-order valence-electron chi connectivity index (χ0n) is 7.69. The minimum absolute atomic E-state index is 0.0343. The topological polar surface area (TPSA) is 61.4 Å². The van der Waals surface area contributed by atoms with Crippen LogP contribution in [-0.4, -0.2) is 42.9 Å². The maximum Gasteiger partial charge on any atom is 0.401 e. The van der Waals surface area contributed by atoms with Crippen LogP contribution < -0.4 is 10.6 Å². The fourth-order valence-corrected chi connectivity index (χ4v) is 0.642. The van der Waals surface area contributed by atoms with E-state index < -0.39 is 31.3 Å². The molecular weight excluding hydrogens is 201 g/mol. The number of nitrogens with one attached hydrogen (secondary N) is 2. The molecule has 0 aliphatic heterocycles. The van der Waals surface area contributed by atoms with Crippen LogP contribution in [0.2, 0.25) is 0 Å². The van der Waals surface area contributed by atoms with Gasteiger partial charge in [-0.25, -0.2) is 0 Å². The Morgan fingerprint density at radius 1 is 1.50 bits per heavy atom. The fourth-order valence-electron chi connectivity index (χ4n) is 0.642. The van der Waals surface area contributed by atoms with Crippen molar-refractivity contribution in [1.82, 2.24) is 10.6 Å². The average molecular weight is 214 g/mol. The molecule has 0 saturated heterocycles. The molecule has 0 spiro atoms. The Balaban J connectivity index is 3.46. The maximum atomic E-state index is 11.6. The minimum atomic E-state index is -4.31. The SMILES string of the molecule is C[C@H](O)CNC(=O)CNCC(F)(F)F. The van der Waals surface area contributed by atoms with Crippen molar-refractivity contribution in [2.45, 2.75) is 19.2 Å². The molecule has 0 aromatic carbocycles. The molecule has 0 aromatic heterocycles. The number of carbonyl (C=O) groups excluding carboxylic acids is 1. The first-order valence-electron chi connectivity index (χ1n) is 4.03. The van der Waals surface area contributed by atoms with Crippen molar-refractivity contribution in [3.05, 3.63) is 0 Å². The highest BCUT2D eigenvalue weighted by Crippen LogP contribution is 2.11. The first kappa shape index (κ1) is 13.2. The molecule has 4 nitrogen and oxygen atoms in total. The second-order valence-electron chi connectivity index (χ2n) is 2.87. The number of carbonyl (C=O) groups is 1. The molecule has 7 heteroatoms. The molecule has 1 atom stereocenters. The van der Waals surface area contributed by atoms with Crippen LogP contribution in [0.1, 0.15) is 6.92 Å². The summed E-state index contributed by atoms with van der Waals surface area (Å²) >= 11 is 0. The van der Waals surface area contributed by atoms with Gasteiger partial charge in [-0.05, 0) is 6.92 Å². The highest BCUT2D eigenvalue weighted by molar-refractivity contribution is 5.77. The van der Waals surface area contributed by atoms with Crippen molar-refractivity contribution in [2.24, 2.45) is 0 Å². The minimum Gasteiger partial charge on any atom is -0.392 e. The Labute approximate surface area is 79.5 Å². The quantitative estimate of drug-likeness (QED) is 0.585. The van der Waals surface area contributed by atoms with Crippen LogP contribution in [0.5, 0.6) is 0 Å². The van der Waals surface area contributed by atoms with Gasteiger partial charge in [-0.2, -0.15) is 13.2 Å². The lowest BCUT2D eigenvalue weighted by atomic mass is 10.4. The molecule has 0 saturated carbocycles. The Morgan fingerprint density at radius 2 is 2.07 bits per heavy atom. The van der Waals surface area contributed by atoms with E-state index in [0.717, 1.165) is 0 Å². The van der Waals surface area contributed by atoms with Crippen molar-refractivity contribution in [3.63, 3.8) is 0 Å². The summed E-state index contributed by atoms with van der Waals surface area (Å²) in [5.74, 6) is -0.574. The maximum absolute atomic E-state index is 11.6. The molecule has 0 aliphatic rings. The van der Waals surface area contributed by atoms with E-state index in [2.05, 4.69) is 5.32 Å². The standard InChI is InChI=1S/C7H13F3N2O2/c1-5(13)2-12-6(14)3-11-4-7(8,9)10/h5,11,13H,2-4H2,1H3,(H,12,14)/t5-/m0/s1. The molecule has 0 heterocycles. The number of amides is 1. The summed E-state index contributed by atoms with van der Waals surface area (Å²) in [6.45, 7) is -0.114. The largest absolute Gasteiger partial charge is 0.401 e. The molecule has 0 unspecified atom stereocenters. The van der Waals surface area contributed by atoms with Gasteiger partial charge in [0, 0.05) is 6.54 Å². The first-order valence-corrected chi connectivity index (χ1v) is 4.03. The van der Waals surface area contributed by atoms with Gasteiger partial charge in [0.15, 0.2) is 0 Å². The molecule has 0 aromatic rings. The normalized spacial score (nSPS) is 13.8. The van der Waals surface area contributed by atoms with Crippen molar-refractivity contribution in [1.29, 1.82) is 0 Å². The summed E-state index contributed by atoms with van der Waals surface area (Å²) in [5.41, 5.74) is 0. The molecule has 14 heavy (non-hydrogen) atoms. The van der Waals surface area contributed by atoms with E-state index in [0.29, 0.717) is 0 Å². The van der Waals surface area contributed by atoms with Crippen molar-refractivity contribution >= 4 is 5.91 Å². The van der Waals surface area contributed by atoms with Gasteiger partial charge in [0.25, 0.3) is 0 Å². The van der Waals surface area contributed by atoms with Crippen LogP contribution in [0.25, 0.3) is 0 Å². The van der Waals surface area contributed by atoms with Gasteiger partial charge in [0.05, 0.1) is 19.2 Å². The monoisotopic (exact) mass is 214 g/mol. The molecule has 0 rings (SSSR count). The smallest absolute Gasteiger partial charge is 0.392 e. The van der Waals surface area contributed by atoms with Crippen molar-refractivity contribution in [2.75, 3.05) is 19.6 Å². The van der Waals surface area contributed by atoms with Crippen LogP contribution in [-0.2, 0) is 4.79 Å². The number of hydrogen-bond donors (Lipinski definition) is 3. The molecule has 0 fully saturated rings. The van der Waals surface area contributed by atoms with Gasteiger partial charge < -0.3 is 15.7 Å². The number of aliphatic hydroxyl groups is 1. The molecule has 0 radical (unpaired) electrons. The van der Waals surface area contributed by atoms with Gasteiger partial charge in [0.2, 0.25) is 5.91 Å². The highest BCUT2D eigenvalue weighted by atomic mass is 19.4. The van der Waals surface area contributed by atoms with Crippen molar-refractivity contribution in [3.8, 4) is 0 Å². The molecule has 1 amide bonds. The molecular formula is C7H13F3N2O2. The van der Waals surface area contributed by atoms with E-state index in [1.165, 1.54) is 6.92 Å². The molecule has 3 N–H and O–H groups in total. The third kappa shape index (κ3) is 9.27. The lowest BCUT2D eigenvalue weighted by Crippen LogP contribution is -2.40. The summed E-state index contributed by atoms with van der Waals surface area (Å²) < 4.78 is 34.8. The van der Waals surface area contributed by atoms with Gasteiger partial charge >= 0.3 is 6.18 Å². The summed E-state index contributed by atoms with van der Waals surface area (Å²) in [7, 11) is 0. The van der Waals surface area contributed by atoms with E-state index in [1.54, 1.807) is 0 Å². The van der Waals surface area contributed by atoms with Gasteiger partial charge in [-0.3, -0.25) is 4.79 Å². The van der Waals surface area contributed by atoms with Crippen LogP contribution in [0, 0.1) is 0 Å². The van der Waals surface area contributed by atoms with E-state index in [1.807, 2.05) is 5.32 Å². The fraction of sp³-hybridized carbons (Fsp3) is 0.857. The first-order chi connectivity index (χ1) is 6.31. The Morgan fingerprint density at radius 3 is 2.50 bits per heavy atom. The van der Waals surface area contributed by atoms with Gasteiger partial charge in [0.1, 0.15) is 0 Å². The second kappa shape index (κ2) is 5.82. The Hall–Kier alpha value is -0.820. The number of aliphatic hydroxyl groups excluding tert-OH is 1. The number of hydrogen-bond acceptors (Lipinski definition) is 3. The molecule has 0 bridgehead atoms. The highest BCUT2D eigenvalue weighted by Gasteiger charge is 2.26. The molecule has 0 aliphatic carbocycles. The third-order valence-electron chi connectivity index (χ3n) is 1.21. The summed E-state index contributed by atoms with van der Waals surface area (Å²) in [5, 5.41) is 12.9. The van der Waals surface area contributed by atoms with Crippen LogP contribution in [0.4, 0.5) is 13.2 Å². The predicted octanol–water partition coefficient (Wildman–Crippen LogP) is -0.365. The van der Waals surface area contributed by atoms with Crippen LogP contribution in [0.3, 0.4) is 0 Å². The van der Waals surface area contributed by atoms with E-state index >= 15 is 0 Å². The van der Waals surface area contributed by atoms with Crippen LogP contribution >= 0.6 is 0 Å². The number of rotatable bonds is 5. The second-order valence-corrected chi connectivity index (χ2v) is 2.87. The van der Waals surface area contributed by atoms with E-state index in [9.17, 15) is 18.0 Å². The lowest BCUT2D eigenvalue weighted by molar-refractivity contribution is -0.128. The number of alkyl halides is 3. The van der Waals surface area contributed by atoms with Crippen LogP contribution in [0.15, 0.2) is 0 Å². The predicted molar refractivity (Wildman–Crippen MR) is 43.6 cm³/mol. The summed E-state index contributed by atoms with van der Waals surface area (Å²) in [6, 6.07) is 0. The Bertz CT molecular complexity index is 182. The van der Waals surface area contributed by atoms with Gasteiger partial charge in [-0.15, -0.1) is 0 Å². The summed E-state index contributed by atoms with van der Waals surface area (Å²) in [6.07, 6.45) is -5.02. The third-order valence-corrected chi connectivity index (χ3v) is 1.21. The zero-order chi connectivity index (χ0) is 11.2. The number of halogens is 3. The summed E-state index contributed by atoms with van der Waals surface area (Å²) in [4.78, 5) is 10.8. The molecule has 84 valence electrons. The Kier molecular flexibility index (Phi) is 5.47. The average Bonchev–Trinajstić information content (AvgIpc) is 1.98. The van der Waals surface area contributed by atoms with Gasteiger partial charge in [-0.1, -0.05) is 0 Å². The zero-order valence-corrected chi connectivity index (χ0v) is 7.69. The lowest BCUT2D eigenvalue weighted by Gasteiger charge is -2.09.